The van der Waals surface area contributed by atoms with E-state index in [0.29, 0.717) is 0 Å². The molecule has 0 saturated heterocycles. The third-order valence-electron chi connectivity index (χ3n) is 9.64. The van der Waals surface area contributed by atoms with Gasteiger partial charge in [-0.25, -0.2) is 0 Å². The highest BCUT2D eigenvalue weighted by atomic mass is 16.3. The highest BCUT2D eigenvalue weighted by Gasteiger charge is 2.22. The van der Waals surface area contributed by atoms with E-state index in [0.717, 1.165) is 83.2 Å². The highest BCUT2D eigenvalue weighted by molar-refractivity contribution is 6.14. The van der Waals surface area contributed by atoms with Crippen molar-refractivity contribution in [3.8, 4) is 22.3 Å². The topological polar surface area (TPSA) is 29.5 Å². The van der Waals surface area contributed by atoms with Gasteiger partial charge >= 0.3 is 0 Å². The largest absolute Gasteiger partial charge is 0.456 e. The summed E-state index contributed by atoms with van der Waals surface area (Å²) in [7, 11) is 0. The molecule has 0 aliphatic carbocycles. The molecule has 0 saturated carbocycles. The lowest BCUT2D eigenvalue weighted by Gasteiger charge is -2.29. The van der Waals surface area contributed by atoms with Gasteiger partial charge in [0.15, 0.2) is 0 Å². The number of benzene rings is 8. The zero-order valence-corrected chi connectivity index (χ0v) is 26.5. The van der Waals surface area contributed by atoms with Crippen molar-refractivity contribution in [1.29, 1.82) is 0 Å². The molecule has 49 heavy (non-hydrogen) atoms. The van der Waals surface area contributed by atoms with Gasteiger partial charge in [-0.3, -0.25) is 0 Å². The van der Waals surface area contributed by atoms with E-state index in [9.17, 15) is 0 Å². The summed E-state index contributed by atoms with van der Waals surface area (Å²) in [6.45, 7) is 0. The first-order valence-corrected chi connectivity index (χ1v) is 16.6. The van der Waals surface area contributed by atoms with Crippen LogP contribution in [0.4, 0.5) is 17.1 Å². The molecular weight excluding hydrogens is 599 g/mol. The van der Waals surface area contributed by atoms with Crippen molar-refractivity contribution in [1.82, 2.24) is 0 Å². The Hall–Kier alpha value is -6.58. The fraction of sp³-hybridized carbons (Fsp3) is 0. The summed E-state index contributed by atoms with van der Waals surface area (Å²) in [5.41, 5.74) is 11.3. The molecule has 0 amide bonds. The molecule has 0 N–H and O–H groups in total. The maximum absolute atomic E-state index is 6.40. The Balaban J connectivity index is 1.21. The van der Waals surface area contributed by atoms with Crippen LogP contribution in [-0.2, 0) is 0 Å². The van der Waals surface area contributed by atoms with Crippen molar-refractivity contribution in [2.45, 2.75) is 0 Å². The Bertz CT molecular complexity index is 2860. The Morgan fingerprint density at radius 1 is 0.347 bits per heavy atom. The second kappa shape index (κ2) is 11.0. The molecule has 2 heterocycles. The standard InChI is InChI=1S/C46H29NO2/c1-2-12-31-27-34(24-23-30(31)11-1)36-15-3-6-18-40(36)47(41-19-10-22-45-46(41)38-17-5-8-21-43(38)49-45)35-14-9-13-32(28-35)33-25-26-44-39(29-33)37-16-4-7-20-42(37)48-44/h1-29H. The van der Waals surface area contributed by atoms with Crippen LogP contribution in [0.15, 0.2) is 185 Å². The number of anilines is 3. The van der Waals surface area contributed by atoms with Gasteiger partial charge in [0.1, 0.15) is 22.3 Å². The van der Waals surface area contributed by atoms with Crippen LogP contribution in [0.2, 0.25) is 0 Å². The Morgan fingerprint density at radius 3 is 1.90 bits per heavy atom. The second-order valence-corrected chi connectivity index (χ2v) is 12.5. The summed E-state index contributed by atoms with van der Waals surface area (Å²) in [6.07, 6.45) is 0. The second-order valence-electron chi connectivity index (χ2n) is 12.5. The van der Waals surface area contributed by atoms with Gasteiger partial charge < -0.3 is 13.7 Å². The Kier molecular flexibility index (Phi) is 6.18. The van der Waals surface area contributed by atoms with Gasteiger partial charge in [0.05, 0.1) is 16.8 Å². The fourth-order valence-electron chi connectivity index (χ4n) is 7.35. The molecule has 0 bridgehead atoms. The molecule has 0 fully saturated rings. The van der Waals surface area contributed by atoms with Crippen molar-refractivity contribution in [3.05, 3.63) is 176 Å². The van der Waals surface area contributed by atoms with Gasteiger partial charge in [-0.05, 0) is 88.1 Å². The maximum atomic E-state index is 6.40. The minimum Gasteiger partial charge on any atom is -0.456 e. The van der Waals surface area contributed by atoms with Crippen molar-refractivity contribution in [3.63, 3.8) is 0 Å². The number of rotatable bonds is 5. The van der Waals surface area contributed by atoms with Crippen LogP contribution in [0.25, 0.3) is 76.9 Å². The first-order chi connectivity index (χ1) is 24.3. The van der Waals surface area contributed by atoms with Crippen LogP contribution in [-0.4, -0.2) is 0 Å². The molecule has 8 aromatic carbocycles. The first kappa shape index (κ1) is 27.5. The molecule has 0 unspecified atom stereocenters. The number of furan rings is 2. The highest BCUT2D eigenvalue weighted by Crippen LogP contribution is 2.46. The van der Waals surface area contributed by atoms with Crippen molar-refractivity contribution < 1.29 is 8.83 Å². The zero-order valence-electron chi connectivity index (χ0n) is 26.5. The normalized spacial score (nSPS) is 11.7. The van der Waals surface area contributed by atoms with Gasteiger partial charge in [0.2, 0.25) is 0 Å². The predicted octanol–water partition coefficient (Wildman–Crippen LogP) is 13.4. The number of nitrogens with zero attached hydrogens (tertiary/aromatic N) is 1. The van der Waals surface area contributed by atoms with Crippen LogP contribution >= 0.6 is 0 Å². The van der Waals surface area contributed by atoms with E-state index >= 15 is 0 Å². The number of hydrogen-bond donors (Lipinski definition) is 0. The number of hydrogen-bond acceptors (Lipinski definition) is 3. The lowest BCUT2D eigenvalue weighted by molar-refractivity contribution is 0.668. The van der Waals surface area contributed by atoms with Gasteiger partial charge in [0, 0.05) is 27.4 Å². The Labute approximate surface area is 282 Å². The maximum Gasteiger partial charge on any atom is 0.137 e. The van der Waals surface area contributed by atoms with E-state index < -0.39 is 0 Å². The third kappa shape index (κ3) is 4.51. The average Bonchev–Trinajstić information content (AvgIpc) is 3.74. The van der Waals surface area contributed by atoms with Gasteiger partial charge in [-0.15, -0.1) is 0 Å². The molecular formula is C46H29NO2. The molecule has 0 atom stereocenters. The van der Waals surface area contributed by atoms with E-state index in [1.54, 1.807) is 0 Å². The predicted molar refractivity (Wildman–Crippen MR) is 204 cm³/mol. The molecule has 0 aliphatic rings. The molecule has 10 rings (SSSR count). The quantitative estimate of drug-likeness (QED) is 0.190. The van der Waals surface area contributed by atoms with Crippen molar-refractivity contribution in [2.75, 3.05) is 4.90 Å². The minimum absolute atomic E-state index is 0.861. The summed E-state index contributed by atoms with van der Waals surface area (Å²) in [4.78, 5) is 2.39. The fourth-order valence-corrected chi connectivity index (χ4v) is 7.35. The van der Waals surface area contributed by atoms with E-state index in [1.165, 1.54) is 10.8 Å². The first-order valence-electron chi connectivity index (χ1n) is 16.6. The Morgan fingerprint density at radius 2 is 0.980 bits per heavy atom. The van der Waals surface area contributed by atoms with Gasteiger partial charge in [0.25, 0.3) is 0 Å². The smallest absolute Gasteiger partial charge is 0.137 e. The van der Waals surface area contributed by atoms with Gasteiger partial charge in [-0.1, -0.05) is 115 Å². The average molecular weight is 628 g/mol. The van der Waals surface area contributed by atoms with E-state index in [4.69, 9.17) is 8.83 Å². The van der Waals surface area contributed by atoms with Crippen LogP contribution in [0, 0.1) is 0 Å². The molecule has 10 aromatic rings. The van der Waals surface area contributed by atoms with Gasteiger partial charge in [-0.2, -0.15) is 0 Å². The number of para-hydroxylation sites is 3. The van der Waals surface area contributed by atoms with Crippen LogP contribution in [0.3, 0.4) is 0 Å². The molecule has 0 aliphatic heterocycles. The summed E-state index contributed by atoms with van der Waals surface area (Å²) in [5, 5.41) is 6.86. The summed E-state index contributed by atoms with van der Waals surface area (Å²) in [5.74, 6) is 0. The SMILES string of the molecule is c1cc(-c2ccc3oc4ccccc4c3c2)cc(N(c2ccccc2-c2ccc3ccccc3c2)c2cccc3oc4ccccc4c23)c1. The zero-order chi connectivity index (χ0) is 32.3. The third-order valence-corrected chi connectivity index (χ3v) is 9.64. The summed E-state index contributed by atoms with van der Waals surface area (Å²) < 4.78 is 12.6. The number of fused-ring (bicyclic) bond motifs is 7. The van der Waals surface area contributed by atoms with Crippen molar-refractivity contribution in [2.24, 2.45) is 0 Å². The van der Waals surface area contributed by atoms with Crippen LogP contribution in [0.1, 0.15) is 0 Å². The lowest BCUT2D eigenvalue weighted by atomic mass is 9.97. The van der Waals surface area contributed by atoms with E-state index in [1.807, 2.05) is 24.3 Å². The molecule has 3 nitrogen and oxygen atoms in total. The molecule has 0 radical (unpaired) electrons. The molecule has 3 heteroatoms. The van der Waals surface area contributed by atoms with Crippen molar-refractivity contribution >= 4 is 71.7 Å². The van der Waals surface area contributed by atoms with E-state index in [2.05, 4.69) is 157 Å². The monoisotopic (exact) mass is 627 g/mol. The molecule has 230 valence electrons. The summed E-state index contributed by atoms with van der Waals surface area (Å²) in [6, 6.07) is 62.2. The van der Waals surface area contributed by atoms with Crippen LogP contribution < -0.4 is 4.90 Å². The minimum atomic E-state index is 0.861. The lowest BCUT2D eigenvalue weighted by Crippen LogP contribution is -2.11. The van der Waals surface area contributed by atoms with Crippen LogP contribution in [0.5, 0.6) is 0 Å². The molecule has 2 aromatic heterocycles. The van der Waals surface area contributed by atoms with E-state index in [-0.39, 0.29) is 0 Å². The summed E-state index contributed by atoms with van der Waals surface area (Å²) >= 11 is 0. The molecule has 0 spiro atoms.